The largest absolute Gasteiger partial charge is 0.193 e. The second-order valence-electron chi connectivity index (χ2n) is 3.59. The van der Waals surface area contributed by atoms with Crippen LogP contribution in [0, 0.1) is 11.3 Å². The summed E-state index contributed by atoms with van der Waals surface area (Å²) in [6.07, 6.45) is 5.11. The highest BCUT2D eigenvalue weighted by molar-refractivity contribution is 8.04. The lowest BCUT2D eigenvalue weighted by Gasteiger charge is -2.19. The molecule has 0 fully saturated rings. The molecule has 0 N–H and O–H groups in total. The Hall–Kier alpha value is -0.173. The Labute approximate surface area is 90.5 Å². The Kier molecular flexibility index (Phi) is 5.46. The van der Waals surface area contributed by atoms with Gasteiger partial charge in [0, 0.05) is 11.1 Å². The van der Waals surface area contributed by atoms with E-state index in [0.29, 0.717) is 5.03 Å². The van der Waals surface area contributed by atoms with Gasteiger partial charge in [0.1, 0.15) is 0 Å². The van der Waals surface area contributed by atoms with Crippen molar-refractivity contribution >= 4 is 31.4 Å². The van der Waals surface area contributed by atoms with Crippen molar-refractivity contribution in [2.45, 2.75) is 19.6 Å². The van der Waals surface area contributed by atoms with Crippen LogP contribution in [0.4, 0.5) is 0 Å². The Bertz CT molecular complexity index is 270. The van der Waals surface area contributed by atoms with Gasteiger partial charge in [-0.2, -0.15) is 5.26 Å². The van der Waals surface area contributed by atoms with Gasteiger partial charge in [-0.25, -0.2) is 0 Å². The van der Waals surface area contributed by atoms with Crippen molar-refractivity contribution in [3.8, 4) is 6.07 Å². The topological polar surface area (TPSA) is 23.8 Å². The van der Waals surface area contributed by atoms with Gasteiger partial charge in [0.05, 0.1) is 14.1 Å². The van der Waals surface area contributed by atoms with E-state index < -0.39 is 8.07 Å². The Morgan fingerprint density at radius 2 is 2.00 bits per heavy atom. The smallest absolute Gasteiger partial charge is 0.0912 e. The standard InChI is InChI=1S/C9H14ClNSSi/c1-12-9(13(2,3)4)8(10)6-5-7-11/h5-6H,1-4H3/b6-5+,9-8-. The molecule has 0 aliphatic heterocycles. The molecule has 4 heteroatoms. The summed E-state index contributed by atoms with van der Waals surface area (Å²) in [5.74, 6) is 0. The van der Waals surface area contributed by atoms with E-state index in [0.717, 1.165) is 0 Å². The lowest BCUT2D eigenvalue weighted by atomic mass is 10.5. The van der Waals surface area contributed by atoms with Gasteiger partial charge in [0.2, 0.25) is 0 Å². The molecule has 0 aromatic carbocycles. The zero-order valence-electron chi connectivity index (χ0n) is 8.39. The first kappa shape index (κ1) is 12.8. The predicted octanol–water partition coefficient (Wildman–Crippen LogP) is 3.76. The molecule has 0 aromatic rings. The Morgan fingerprint density at radius 3 is 2.31 bits per heavy atom. The van der Waals surface area contributed by atoms with Crippen LogP contribution in [0.2, 0.25) is 19.6 Å². The Balaban J connectivity index is 4.94. The fraction of sp³-hybridized carbons (Fsp3) is 0.444. The van der Waals surface area contributed by atoms with Crippen molar-refractivity contribution < 1.29 is 0 Å². The first-order chi connectivity index (χ1) is 5.93. The van der Waals surface area contributed by atoms with Gasteiger partial charge in [-0.05, 0) is 16.9 Å². The van der Waals surface area contributed by atoms with Crippen LogP contribution in [0.5, 0.6) is 0 Å². The molecule has 0 aliphatic rings. The zero-order chi connectivity index (χ0) is 10.5. The first-order valence-corrected chi connectivity index (χ1v) is 9.04. The van der Waals surface area contributed by atoms with E-state index in [4.69, 9.17) is 16.9 Å². The van der Waals surface area contributed by atoms with Crippen LogP contribution in [0.1, 0.15) is 0 Å². The van der Waals surface area contributed by atoms with E-state index in [1.54, 1.807) is 17.8 Å². The van der Waals surface area contributed by atoms with Crippen molar-refractivity contribution in [2.75, 3.05) is 6.26 Å². The molecule has 0 rings (SSSR count). The number of hydrogen-bond acceptors (Lipinski definition) is 2. The van der Waals surface area contributed by atoms with Gasteiger partial charge in [-0.1, -0.05) is 31.2 Å². The third-order valence-corrected chi connectivity index (χ3v) is 6.70. The molecule has 72 valence electrons. The maximum Gasteiger partial charge on any atom is 0.0912 e. The maximum atomic E-state index is 8.36. The number of nitrogens with zero attached hydrogens (tertiary/aromatic N) is 1. The molecular formula is C9H14ClNSSi. The third-order valence-electron chi connectivity index (χ3n) is 1.41. The van der Waals surface area contributed by atoms with Gasteiger partial charge >= 0.3 is 0 Å². The summed E-state index contributed by atoms with van der Waals surface area (Å²) in [6, 6.07) is 1.94. The summed E-state index contributed by atoms with van der Waals surface area (Å²) in [5, 5.41) is 9.07. The SMILES string of the molecule is CS/C(=C(Cl)\C=C\C#N)[Si](C)(C)C. The number of thioether (sulfide) groups is 1. The summed E-state index contributed by atoms with van der Waals surface area (Å²) >= 11 is 7.75. The highest BCUT2D eigenvalue weighted by Crippen LogP contribution is 2.30. The fourth-order valence-electron chi connectivity index (χ4n) is 0.948. The molecule has 0 heterocycles. The minimum atomic E-state index is -1.35. The van der Waals surface area contributed by atoms with E-state index >= 15 is 0 Å². The molecule has 0 spiro atoms. The third kappa shape index (κ3) is 4.56. The highest BCUT2D eigenvalue weighted by Gasteiger charge is 2.21. The molecule has 0 amide bonds. The summed E-state index contributed by atoms with van der Waals surface area (Å²) in [7, 11) is -1.35. The quantitative estimate of drug-likeness (QED) is 0.420. The Morgan fingerprint density at radius 1 is 1.46 bits per heavy atom. The summed E-state index contributed by atoms with van der Waals surface area (Å²) in [6.45, 7) is 6.71. The molecule has 0 saturated carbocycles. The zero-order valence-corrected chi connectivity index (χ0v) is 11.0. The van der Waals surface area contributed by atoms with Crippen LogP contribution in [-0.4, -0.2) is 14.3 Å². The van der Waals surface area contributed by atoms with Gasteiger partial charge in [-0.15, -0.1) is 11.8 Å². The predicted molar refractivity (Wildman–Crippen MR) is 64.5 cm³/mol. The average molecular weight is 232 g/mol. The molecule has 0 atom stereocenters. The van der Waals surface area contributed by atoms with Crippen molar-refractivity contribution in [3.63, 3.8) is 0 Å². The van der Waals surface area contributed by atoms with Crippen molar-refractivity contribution in [3.05, 3.63) is 21.7 Å². The normalized spacial score (nSPS) is 14.2. The molecule has 0 aliphatic carbocycles. The number of hydrogen-bond donors (Lipinski definition) is 0. The second-order valence-corrected chi connectivity index (χ2v) is 10.2. The maximum absolute atomic E-state index is 8.36. The number of halogens is 1. The molecular weight excluding hydrogens is 218 g/mol. The average Bonchev–Trinajstić information content (AvgIpc) is 1.99. The van der Waals surface area contributed by atoms with Crippen LogP contribution >= 0.6 is 23.4 Å². The lowest BCUT2D eigenvalue weighted by molar-refractivity contribution is 1.53. The van der Waals surface area contributed by atoms with Crippen LogP contribution in [0.15, 0.2) is 21.7 Å². The molecule has 0 unspecified atom stereocenters. The summed E-state index contributed by atoms with van der Waals surface area (Å²) in [4.78, 5) is 0. The van der Waals surface area contributed by atoms with E-state index in [-0.39, 0.29) is 0 Å². The van der Waals surface area contributed by atoms with Gasteiger partial charge in [-0.3, -0.25) is 0 Å². The summed E-state index contributed by atoms with van der Waals surface area (Å²) < 4.78 is 1.24. The van der Waals surface area contributed by atoms with Gasteiger partial charge in [0.25, 0.3) is 0 Å². The highest BCUT2D eigenvalue weighted by atomic mass is 35.5. The lowest BCUT2D eigenvalue weighted by Crippen LogP contribution is -2.22. The van der Waals surface area contributed by atoms with Crippen LogP contribution in [0.3, 0.4) is 0 Å². The van der Waals surface area contributed by atoms with Crippen molar-refractivity contribution in [1.82, 2.24) is 0 Å². The molecule has 13 heavy (non-hydrogen) atoms. The number of nitriles is 1. The van der Waals surface area contributed by atoms with Gasteiger partial charge < -0.3 is 0 Å². The van der Waals surface area contributed by atoms with Crippen molar-refractivity contribution in [1.29, 1.82) is 5.26 Å². The minimum absolute atomic E-state index is 0.716. The second kappa shape index (κ2) is 5.53. The molecule has 0 saturated heterocycles. The van der Waals surface area contributed by atoms with Crippen molar-refractivity contribution in [2.24, 2.45) is 0 Å². The van der Waals surface area contributed by atoms with Crippen LogP contribution < -0.4 is 0 Å². The van der Waals surface area contributed by atoms with E-state index in [1.165, 1.54) is 10.6 Å². The minimum Gasteiger partial charge on any atom is -0.193 e. The van der Waals surface area contributed by atoms with Crippen LogP contribution in [0.25, 0.3) is 0 Å². The van der Waals surface area contributed by atoms with E-state index in [1.807, 2.05) is 12.3 Å². The monoisotopic (exact) mass is 231 g/mol. The fourth-order valence-corrected chi connectivity index (χ4v) is 5.61. The molecule has 0 radical (unpaired) electrons. The van der Waals surface area contributed by atoms with E-state index in [9.17, 15) is 0 Å². The van der Waals surface area contributed by atoms with E-state index in [2.05, 4.69) is 19.6 Å². The van der Waals surface area contributed by atoms with Crippen LogP contribution in [-0.2, 0) is 0 Å². The number of rotatable bonds is 3. The number of allylic oxidation sites excluding steroid dienone is 3. The first-order valence-electron chi connectivity index (χ1n) is 3.94. The molecule has 0 bridgehead atoms. The molecule has 0 aromatic heterocycles. The molecule has 1 nitrogen and oxygen atoms in total. The van der Waals surface area contributed by atoms with Gasteiger partial charge in [0.15, 0.2) is 0 Å². The summed E-state index contributed by atoms with van der Waals surface area (Å²) in [5.41, 5.74) is 0.